The summed E-state index contributed by atoms with van der Waals surface area (Å²) in [6, 6.07) is 13.3. The van der Waals surface area contributed by atoms with Gasteiger partial charge in [0.25, 0.3) is 5.91 Å². The maximum absolute atomic E-state index is 12.9. The Morgan fingerprint density at radius 1 is 1.12 bits per heavy atom. The first kappa shape index (κ1) is 16.3. The molecule has 2 aromatic carbocycles. The van der Waals surface area contributed by atoms with Crippen molar-refractivity contribution in [3.8, 4) is 11.5 Å². The second-order valence-electron chi connectivity index (χ2n) is 5.90. The third-order valence-corrected chi connectivity index (χ3v) is 4.07. The van der Waals surface area contributed by atoms with Gasteiger partial charge in [0, 0.05) is 0 Å². The first-order valence-corrected chi connectivity index (χ1v) is 7.97. The van der Waals surface area contributed by atoms with Gasteiger partial charge >= 0.3 is 0 Å². The lowest BCUT2D eigenvalue weighted by molar-refractivity contribution is -0.124. The normalized spacial score (nSPS) is 14.8. The topological polar surface area (TPSA) is 47.6 Å². The van der Waals surface area contributed by atoms with Gasteiger partial charge in [0.15, 0.2) is 6.61 Å². The third-order valence-electron chi connectivity index (χ3n) is 4.07. The molecular formula is C19H20FNO3. The summed E-state index contributed by atoms with van der Waals surface area (Å²) in [4.78, 5) is 12.2. The SMILES string of the molecule is COc1ccc(C(NC(=O)COc2ccc(F)cc2)C2CC2)cc1. The summed E-state index contributed by atoms with van der Waals surface area (Å²) in [6.07, 6.45) is 2.21. The molecule has 24 heavy (non-hydrogen) atoms. The minimum Gasteiger partial charge on any atom is -0.497 e. The van der Waals surface area contributed by atoms with Gasteiger partial charge in [0.1, 0.15) is 17.3 Å². The summed E-state index contributed by atoms with van der Waals surface area (Å²) >= 11 is 0. The Kier molecular flexibility index (Phi) is 4.99. The van der Waals surface area contributed by atoms with Crippen molar-refractivity contribution in [3.63, 3.8) is 0 Å². The lowest BCUT2D eigenvalue weighted by Crippen LogP contribution is -2.33. The number of halogens is 1. The molecule has 1 saturated carbocycles. The molecule has 1 fully saturated rings. The second kappa shape index (κ2) is 7.34. The number of ether oxygens (including phenoxy) is 2. The molecule has 4 nitrogen and oxygen atoms in total. The van der Waals surface area contributed by atoms with Crippen LogP contribution < -0.4 is 14.8 Å². The lowest BCUT2D eigenvalue weighted by atomic mass is 10.0. The summed E-state index contributed by atoms with van der Waals surface area (Å²) in [7, 11) is 1.63. The highest BCUT2D eigenvalue weighted by molar-refractivity contribution is 5.78. The Morgan fingerprint density at radius 3 is 2.33 bits per heavy atom. The van der Waals surface area contributed by atoms with Crippen molar-refractivity contribution in [1.82, 2.24) is 5.32 Å². The number of benzene rings is 2. The van der Waals surface area contributed by atoms with Crippen LogP contribution in [0.2, 0.25) is 0 Å². The second-order valence-corrected chi connectivity index (χ2v) is 5.90. The highest BCUT2D eigenvalue weighted by atomic mass is 19.1. The van der Waals surface area contributed by atoms with Crippen molar-refractivity contribution in [1.29, 1.82) is 0 Å². The minimum absolute atomic E-state index is 0.0137. The molecular weight excluding hydrogens is 309 g/mol. The van der Waals surface area contributed by atoms with Gasteiger partial charge in [-0.05, 0) is 60.7 Å². The number of nitrogens with one attached hydrogen (secondary N) is 1. The Hall–Kier alpha value is -2.56. The molecule has 0 heterocycles. The average Bonchev–Trinajstić information content (AvgIpc) is 3.44. The van der Waals surface area contributed by atoms with E-state index in [1.165, 1.54) is 24.3 Å². The number of rotatable bonds is 7. The van der Waals surface area contributed by atoms with Crippen LogP contribution in [0.15, 0.2) is 48.5 Å². The van der Waals surface area contributed by atoms with Crippen LogP contribution in [0.3, 0.4) is 0 Å². The van der Waals surface area contributed by atoms with Gasteiger partial charge in [-0.3, -0.25) is 4.79 Å². The third kappa shape index (κ3) is 4.25. The minimum atomic E-state index is -0.333. The van der Waals surface area contributed by atoms with Crippen molar-refractivity contribution in [3.05, 3.63) is 59.9 Å². The van der Waals surface area contributed by atoms with Gasteiger partial charge in [0.2, 0.25) is 0 Å². The van der Waals surface area contributed by atoms with Gasteiger partial charge < -0.3 is 14.8 Å². The Bertz CT molecular complexity index is 681. The van der Waals surface area contributed by atoms with Crippen molar-refractivity contribution >= 4 is 5.91 Å². The van der Waals surface area contributed by atoms with Crippen LogP contribution in [0.4, 0.5) is 4.39 Å². The van der Waals surface area contributed by atoms with E-state index in [0.717, 1.165) is 24.2 Å². The summed E-state index contributed by atoms with van der Waals surface area (Å²) in [5.74, 6) is 1.21. The van der Waals surface area contributed by atoms with Crippen molar-refractivity contribution in [2.24, 2.45) is 5.92 Å². The van der Waals surface area contributed by atoms with Crippen LogP contribution in [-0.2, 0) is 4.79 Å². The molecule has 0 bridgehead atoms. The van der Waals surface area contributed by atoms with Crippen LogP contribution in [0.1, 0.15) is 24.4 Å². The monoisotopic (exact) mass is 329 g/mol. The van der Waals surface area contributed by atoms with E-state index in [1.807, 2.05) is 24.3 Å². The number of hydrogen-bond acceptors (Lipinski definition) is 3. The van der Waals surface area contributed by atoms with Crippen LogP contribution >= 0.6 is 0 Å². The zero-order chi connectivity index (χ0) is 16.9. The van der Waals surface area contributed by atoms with Crippen LogP contribution in [-0.4, -0.2) is 19.6 Å². The van der Waals surface area contributed by atoms with E-state index in [9.17, 15) is 9.18 Å². The highest BCUT2D eigenvalue weighted by Gasteiger charge is 2.33. The average molecular weight is 329 g/mol. The Morgan fingerprint density at radius 2 is 1.75 bits per heavy atom. The van der Waals surface area contributed by atoms with Crippen LogP contribution in [0.25, 0.3) is 0 Å². The zero-order valence-electron chi connectivity index (χ0n) is 13.5. The molecule has 1 N–H and O–H groups in total. The van der Waals surface area contributed by atoms with Gasteiger partial charge in [-0.2, -0.15) is 0 Å². The number of hydrogen-bond donors (Lipinski definition) is 1. The lowest BCUT2D eigenvalue weighted by Gasteiger charge is -2.19. The molecule has 0 aliphatic heterocycles. The molecule has 1 aliphatic rings. The molecule has 5 heteroatoms. The molecule has 1 amide bonds. The van der Waals surface area contributed by atoms with E-state index in [2.05, 4.69) is 5.32 Å². The number of carbonyl (C=O) groups excluding carboxylic acids is 1. The zero-order valence-corrected chi connectivity index (χ0v) is 13.5. The Labute approximate surface area is 140 Å². The van der Waals surface area contributed by atoms with E-state index in [-0.39, 0.29) is 24.4 Å². The fourth-order valence-corrected chi connectivity index (χ4v) is 2.61. The van der Waals surface area contributed by atoms with Gasteiger partial charge in [-0.15, -0.1) is 0 Å². The summed E-state index contributed by atoms with van der Waals surface area (Å²) < 4.78 is 23.4. The first-order valence-electron chi connectivity index (χ1n) is 7.97. The molecule has 1 aliphatic carbocycles. The standard InChI is InChI=1S/C19H20FNO3/c1-23-16-8-4-14(5-9-16)19(13-2-3-13)21-18(22)12-24-17-10-6-15(20)7-11-17/h4-11,13,19H,2-3,12H2,1H3,(H,21,22). The van der Waals surface area contributed by atoms with E-state index < -0.39 is 0 Å². The fraction of sp³-hybridized carbons (Fsp3) is 0.316. The molecule has 1 unspecified atom stereocenters. The highest BCUT2D eigenvalue weighted by Crippen LogP contribution is 2.41. The molecule has 126 valence electrons. The van der Waals surface area contributed by atoms with E-state index >= 15 is 0 Å². The number of carbonyl (C=O) groups is 1. The first-order chi connectivity index (χ1) is 11.7. The van der Waals surface area contributed by atoms with Gasteiger partial charge in [-0.1, -0.05) is 12.1 Å². The maximum atomic E-state index is 12.9. The van der Waals surface area contributed by atoms with Crippen molar-refractivity contribution in [2.45, 2.75) is 18.9 Å². The van der Waals surface area contributed by atoms with E-state index in [1.54, 1.807) is 7.11 Å². The van der Waals surface area contributed by atoms with Crippen LogP contribution in [0, 0.1) is 11.7 Å². The smallest absolute Gasteiger partial charge is 0.258 e. The molecule has 0 saturated heterocycles. The van der Waals surface area contributed by atoms with Crippen LogP contribution in [0.5, 0.6) is 11.5 Å². The number of methoxy groups -OCH3 is 1. The summed E-state index contributed by atoms with van der Waals surface area (Å²) in [6.45, 7) is -0.0923. The predicted molar refractivity (Wildman–Crippen MR) is 88.5 cm³/mol. The largest absolute Gasteiger partial charge is 0.497 e. The molecule has 0 spiro atoms. The fourth-order valence-electron chi connectivity index (χ4n) is 2.61. The molecule has 3 rings (SSSR count). The summed E-state index contributed by atoms with van der Waals surface area (Å²) in [5.41, 5.74) is 1.06. The van der Waals surface area contributed by atoms with E-state index in [4.69, 9.17) is 9.47 Å². The molecule has 1 atom stereocenters. The quantitative estimate of drug-likeness (QED) is 0.846. The molecule has 0 aromatic heterocycles. The van der Waals surface area contributed by atoms with Crippen molar-refractivity contribution in [2.75, 3.05) is 13.7 Å². The number of amides is 1. The van der Waals surface area contributed by atoms with Crippen molar-refractivity contribution < 1.29 is 18.7 Å². The maximum Gasteiger partial charge on any atom is 0.258 e. The summed E-state index contributed by atoms with van der Waals surface area (Å²) in [5, 5.41) is 3.04. The molecule has 0 radical (unpaired) electrons. The van der Waals surface area contributed by atoms with Gasteiger partial charge in [0.05, 0.1) is 13.2 Å². The molecule has 2 aromatic rings. The Balaban J connectivity index is 1.58. The van der Waals surface area contributed by atoms with Gasteiger partial charge in [-0.25, -0.2) is 4.39 Å². The predicted octanol–water partition coefficient (Wildman–Crippen LogP) is 3.48. The van der Waals surface area contributed by atoms with E-state index in [0.29, 0.717) is 11.7 Å².